The molecule has 0 saturated heterocycles. The summed E-state index contributed by atoms with van der Waals surface area (Å²) in [6.45, 7) is 2.62. The predicted octanol–water partition coefficient (Wildman–Crippen LogP) is 4.39. The highest BCUT2D eigenvalue weighted by Gasteiger charge is 2.12. The third-order valence-corrected chi connectivity index (χ3v) is 4.97. The highest BCUT2D eigenvalue weighted by Crippen LogP contribution is 2.19. The van der Waals surface area contributed by atoms with Crippen molar-refractivity contribution < 1.29 is 9.59 Å². The van der Waals surface area contributed by atoms with Crippen LogP contribution < -0.4 is 10.6 Å². The molecule has 2 N–H and O–H groups in total. The second kappa shape index (κ2) is 10.2. The van der Waals surface area contributed by atoms with E-state index in [2.05, 4.69) is 29.7 Å². The number of carbonyl (C=O) groups is 2. The third kappa shape index (κ3) is 5.79. The van der Waals surface area contributed by atoms with Gasteiger partial charge in [-0.1, -0.05) is 79.7 Å². The minimum atomic E-state index is -0.255. The summed E-state index contributed by atoms with van der Waals surface area (Å²) in [6.07, 6.45) is 0.935. The maximum Gasteiger partial charge on any atom is 0.251 e. The molecule has 1 unspecified atom stereocenters. The van der Waals surface area contributed by atoms with Crippen molar-refractivity contribution in [2.24, 2.45) is 0 Å². The van der Waals surface area contributed by atoms with Crippen LogP contribution in [0.4, 0.5) is 0 Å². The number of hydrogen-bond acceptors (Lipinski definition) is 2. The van der Waals surface area contributed by atoms with Crippen LogP contribution in [0.15, 0.2) is 84.9 Å². The van der Waals surface area contributed by atoms with Gasteiger partial charge in [0.05, 0.1) is 6.54 Å². The van der Waals surface area contributed by atoms with Crippen LogP contribution in [0.2, 0.25) is 0 Å². The minimum Gasteiger partial charge on any atom is -0.354 e. The fraction of sp³-hybridized carbons (Fsp3) is 0.200. The number of amides is 2. The fourth-order valence-corrected chi connectivity index (χ4v) is 3.23. The summed E-state index contributed by atoms with van der Waals surface area (Å²) in [4.78, 5) is 24.5. The van der Waals surface area contributed by atoms with E-state index in [1.807, 2.05) is 60.7 Å². The average molecular weight is 386 g/mol. The molecule has 0 heterocycles. The van der Waals surface area contributed by atoms with E-state index in [1.165, 1.54) is 5.56 Å². The zero-order chi connectivity index (χ0) is 20.5. The molecule has 4 heteroatoms. The van der Waals surface area contributed by atoms with E-state index in [1.54, 1.807) is 12.1 Å². The van der Waals surface area contributed by atoms with Gasteiger partial charge in [-0.25, -0.2) is 0 Å². The summed E-state index contributed by atoms with van der Waals surface area (Å²) in [6, 6.07) is 27.5. The summed E-state index contributed by atoms with van der Waals surface area (Å²) in [7, 11) is 0. The first-order valence-corrected chi connectivity index (χ1v) is 9.92. The zero-order valence-corrected chi connectivity index (χ0v) is 16.6. The molecule has 29 heavy (non-hydrogen) atoms. The van der Waals surface area contributed by atoms with Crippen molar-refractivity contribution >= 4 is 11.8 Å². The lowest BCUT2D eigenvalue weighted by atomic mass is 9.96. The molecule has 3 aromatic rings. The fourth-order valence-electron chi connectivity index (χ4n) is 3.23. The molecule has 0 aromatic heterocycles. The van der Waals surface area contributed by atoms with Crippen LogP contribution in [0.3, 0.4) is 0 Å². The normalized spacial score (nSPS) is 11.5. The summed E-state index contributed by atoms with van der Waals surface area (Å²) in [5.74, 6) is -0.176. The van der Waals surface area contributed by atoms with E-state index in [4.69, 9.17) is 0 Å². The number of benzene rings is 3. The van der Waals surface area contributed by atoms with Gasteiger partial charge in [-0.2, -0.15) is 0 Å². The van der Waals surface area contributed by atoms with Crippen LogP contribution in [0.25, 0.3) is 11.1 Å². The van der Waals surface area contributed by atoms with Gasteiger partial charge in [-0.05, 0) is 35.2 Å². The SMILES string of the molecule is CCC(CNC(=O)CNC(=O)c1ccc(-c2ccccc2)cc1)c1ccccc1. The standard InChI is InChI=1S/C25H26N2O2/c1-2-19(20-9-5-3-6-10-20)17-26-24(28)18-27-25(29)23-15-13-22(14-16-23)21-11-7-4-8-12-21/h3-16,19H,2,17-18H2,1H3,(H,26,28)(H,27,29). The Morgan fingerprint density at radius 2 is 1.34 bits per heavy atom. The molecule has 3 aromatic carbocycles. The summed E-state index contributed by atoms with van der Waals surface area (Å²) in [5.41, 5.74) is 3.89. The Morgan fingerprint density at radius 3 is 1.97 bits per heavy atom. The van der Waals surface area contributed by atoms with Crippen molar-refractivity contribution in [3.05, 3.63) is 96.1 Å². The first-order valence-electron chi connectivity index (χ1n) is 9.92. The van der Waals surface area contributed by atoms with Crippen molar-refractivity contribution in [2.75, 3.05) is 13.1 Å². The number of hydrogen-bond donors (Lipinski definition) is 2. The van der Waals surface area contributed by atoms with Gasteiger partial charge in [0.25, 0.3) is 5.91 Å². The van der Waals surface area contributed by atoms with Crippen molar-refractivity contribution in [1.82, 2.24) is 10.6 Å². The van der Waals surface area contributed by atoms with Gasteiger partial charge in [0.2, 0.25) is 5.91 Å². The van der Waals surface area contributed by atoms with E-state index < -0.39 is 0 Å². The van der Waals surface area contributed by atoms with E-state index in [9.17, 15) is 9.59 Å². The monoisotopic (exact) mass is 386 g/mol. The van der Waals surface area contributed by atoms with E-state index in [0.717, 1.165) is 17.5 Å². The van der Waals surface area contributed by atoms with Crippen LogP contribution in [-0.4, -0.2) is 24.9 Å². The Balaban J connectivity index is 1.48. The smallest absolute Gasteiger partial charge is 0.251 e. The van der Waals surface area contributed by atoms with Crippen molar-refractivity contribution in [1.29, 1.82) is 0 Å². The Labute approximate surface area is 172 Å². The molecule has 148 valence electrons. The molecule has 0 aliphatic rings. The van der Waals surface area contributed by atoms with Crippen LogP contribution in [0.1, 0.15) is 35.2 Å². The summed E-state index contributed by atoms with van der Waals surface area (Å²) < 4.78 is 0. The van der Waals surface area contributed by atoms with E-state index in [-0.39, 0.29) is 24.3 Å². The van der Waals surface area contributed by atoms with Gasteiger partial charge in [0.1, 0.15) is 0 Å². The molecule has 0 saturated carbocycles. The molecule has 4 nitrogen and oxygen atoms in total. The zero-order valence-electron chi connectivity index (χ0n) is 16.6. The molecule has 0 spiro atoms. The quantitative estimate of drug-likeness (QED) is 0.603. The van der Waals surface area contributed by atoms with Crippen LogP contribution in [0, 0.1) is 0 Å². The molecular formula is C25H26N2O2. The van der Waals surface area contributed by atoms with E-state index in [0.29, 0.717) is 12.1 Å². The lowest BCUT2D eigenvalue weighted by Gasteiger charge is -2.16. The van der Waals surface area contributed by atoms with Crippen molar-refractivity contribution in [3.8, 4) is 11.1 Å². The first kappa shape index (κ1) is 20.3. The summed E-state index contributed by atoms with van der Waals surface area (Å²) in [5, 5.41) is 5.60. The molecule has 0 aliphatic heterocycles. The second-order valence-electron chi connectivity index (χ2n) is 6.95. The molecule has 3 rings (SSSR count). The lowest BCUT2D eigenvalue weighted by Crippen LogP contribution is -2.38. The number of carbonyl (C=O) groups excluding carboxylic acids is 2. The van der Waals surface area contributed by atoms with Crippen molar-refractivity contribution in [3.63, 3.8) is 0 Å². The topological polar surface area (TPSA) is 58.2 Å². The van der Waals surface area contributed by atoms with Crippen LogP contribution in [-0.2, 0) is 4.79 Å². The highest BCUT2D eigenvalue weighted by atomic mass is 16.2. The van der Waals surface area contributed by atoms with E-state index >= 15 is 0 Å². The maximum atomic E-state index is 12.3. The molecular weight excluding hydrogens is 360 g/mol. The third-order valence-electron chi connectivity index (χ3n) is 4.97. The largest absolute Gasteiger partial charge is 0.354 e. The van der Waals surface area contributed by atoms with Gasteiger partial charge >= 0.3 is 0 Å². The number of rotatable bonds is 8. The maximum absolute atomic E-state index is 12.3. The predicted molar refractivity (Wildman–Crippen MR) is 117 cm³/mol. The lowest BCUT2D eigenvalue weighted by molar-refractivity contribution is -0.120. The van der Waals surface area contributed by atoms with Crippen LogP contribution in [0.5, 0.6) is 0 Å². The first-order chi connectivity index (χ1) is 14.2. The molecule has 0 bridgehead atoms. The van der Waals surface area contributed by atoms with Gasteiger partial charge in [0, 0.05) is 18.0 Å². The van der Waals surface area contributed by atoms with Crippen LogP contribution >= 0.6 is 0 Å². The van der Waals surface area contributed by atoms with Gasteiger partial charge in [-0.15, -0.1) is 0 Å². The van der Waals surface area contributed by atoms with Gasteiger partial charge in [-0.3, -0.25) is 9.59 Å². The average Bonchev–Trinajstić information content (AvgIpc) is 2.79. The van der Waals surface area contributed by atoms with Gasteiger partial charge < -0.3 is 10.6 Å². The molecule has 1 atom stereocenters. The highest BCUT2D eigenvalue weighted by molar-refractivity contribution is 5.96. The Kier molecular flexibility index (Phi) is 7.17. The second-order valence-corrected chi connectivity index (χ2v) is 6.95. The number of nitrogens with one attached hydrogen (secondary N) is 2. The van der Waals surface area contributed by atoms with Gasteiger partial charge in [0.15, 0.2) is 0 Å². The minimum absolute atomic E-state index is 0.0372. The summed E-state index contributed by atoms with van der Waals surface area (Å²) >= 11 is 0. The molecule has 0 radical (unpaired) electrons. The Morgan fingerprint density at radius 1 is 0.759 bits per heavy atom. The Hall–Kier alpha value is -3.40. The van der Waals surface area contributed by atoms with Crippen molar-refractivity contribution in [2.45, 2.75) is 19.3 Å². The molecule has 0 fully saturated rings. The molecule has 2 amide bonds. The Bertz CT molecular complexity index is 922. The molecule has 0 aliphatic carbocycles.